The minimum absolute atomic E-state index is 0.165. The lowest BCUT2D eigenvalue weighted by Crippen LogP contribution is -2.11. The SMILES string of the molecule is CCCCOc1ccc(SNCCC(=O)c2ccccc2)cc1. The summed E-state index contributed by atoms with van der Waals surface area (Å²) >= 11 is 1.54. The largest absolute Gasteiger partial charge is 0.494 e. The van der Waals surface area contributed by atoms with Crippen LogP contribution in [0.4, 0.5) is 0 Å². The Labute approximate surface area is 142 Å². The van der Waals surface area contributed by atoms with Crippen LogP contribution in [0.1, 0.15) is 36.5 Å². The molecule has 0 aromatic heterocycles. The Bertz CT molecular complexity index is 584. The van der Waals surface area contributed by atoms with Crippen LogP contribution in [-0.4, -0.2) is 18.9 Å². The first-order valence-corrected chi connectivity index (χ1v) is 8.82. The summed E-state index contributed by atoms with van der Waals surface area (Å²) in [7, 11) is 0. The van der Waals surface area contributed by atoms with Crippen LogP contribution in [0.5, 0.6) is 5.75 Å². The van der Waals surface area contributed by atoms with Crippen LogP contribution in [0.3, 0.4) is 0 Å². The second-order valence-corrected chi connectivity index (χ2v) is 6.17. The van der Waals surface area contributed by atoms with Crippen LogP contribution >= 0.6 is 11.9 Å². The van der Waals surface area contributed by atoms with Gasteiger partial charge in [0.1, 0.15) is 5.75 Å². The zero-order chi connectivity index (χ0) is 16.3. The highest BCUT2D eigenvalue weighted by atomic mass is 32.2. The number of benzene rings is 2. The minimum Gasteiger partial charge on any atom is -0.494 e. The van der Waals surface area contributed by atoms with E-state index in [0.29, 0.717) is 13.0 Å². The molecular formula is C19H23NO2S. The molecule has 0 heterocycles. The molecule has 2 aromatic carbocycles. The van der Waals surface area contributed by atoms with Crippen LogP contribution in [0, 0.1) is 0 Å². The van der Waals surface area contributed by atoms with Gasteiger partial charge in [-0.2, -0.15) is 0 Å². The van der Waals surface area contributed by atoms with Gasteiger partial charge in [-0.05, 0) is 42.6 Å². The maximum atomic E-state index is 12.0. The van der Waals surface area contributed by atoms with Gasteiger partial charge < -0.3 is 4.74 Å². The number of nitrogens with one attached hydrogen (secondary N) is 1. The van der Waals surface area contributed by atoms with Crippen molar-refractivity contribution in [2.75, 3.05) is 13.2 Å². The van der Waals surface area contributed by atoms with Gasteiger partial charge in [-0.25, -0.2) is 0 Å². The molecule has 0 saturated heterocycles. The van der Waals surface area contributed by atoms with Gasteiger partial charge >= 0.3 is 0 Å². The summed E-state index contributed by atoms with van der Waals surface area (Å²) in [6.45, 7) is 3.56. The lowest BCUT2D eigenvalue weighted by molar-refractivity contribution is 0.0984. The molecule has 0 spiro atoms. The van der Waals surface area contributed by atoms with E-state index < -0.39 is 0 Å². The highest BCUT2D eigenvalue weighted by Crippen LogP contribution is 2.19. The van der Waals surface area contributed by atoms with E-state index in [1.807, 2.05) is 54.6 Å². The van der Waals surface area contributed by atoms with Crippen molar-refractivity contribution in [1.82, 2.24) is 4.72 Å². The molecule has 0 fully saturated rings. The van der Waals surface area contributed by atoms with Crippen LogP contribution in [0.2, 0.25) is 0 Å². The highest BCUT2D eigenvalue weighted by molar-refractivity contribution is 7.97. The monoisotopic (exact) mass is 329 g/mol. The van der Waals surface area contributed by atoms with Crippen molar-refractivity contribution in [3.8, 4) is 5.75 Å². The van der Waals surface area contributed by atoms with Crippen LogP contribution in [0.15, 0.2) is 59.5 Å². The van der Waals surface area contributed by atoms with Crippen molar-refractivity contribution in [1.29, 1.82) is 0 Å². The van der Waals surface area contributed by atoms with Gasteiger partial charge in [0.05, 0.1) is 6.61 Å². The van der Waals surface area contributed by atoms with Gasteiger partial charge in [0, 0.05) is 23.4 Å². The number of carbonyl (C=O) groups excluding carboxylic acids is 1. The van der Waals surface area contributed by atoms with Crippen molar-refractivity contribution < 1.29 is 9.53 Å². The van der Waals surface area contributed by atoms with E-state index in [1.54, 1.807) is 0 Å². The first-order valence-electron chi connectivity index (χ1n) is 8.00. The third-order valence-corrected chi connectivity index (χ3v) is 4.19. The number of hydrogen-bond donors (Lipinski definition) is 1. The first-order chi connectivity index (χ1) is 11.3. The fourth-order valence-corrected chi connectivity index (χ4v) is 2.65. The smallest absolute Gasteiger partial charge is 0.164 e. The lowest BCUT2D eigenvalue weighted by Gasteiger charge is -2.07. The third kappa shape index (κ3) is 6.47. The average molecular weight is 329 g/mol. The number of rotatable bonds is 10. The Morgan fingerprint density at radius 2 is 1.83 bits per heavy atom. The molecule has 4 heteroatoms. The minimum atomic E-state index is 0.165. The normalized spacial score (nSPS) is 10.5. The molecule has 122 valence electrons. The summed E-state index contributed by atoms with van der Waals surface area (Å²) in [5.74, 6) is 1.07. The van der Waals surface area contributed by atoms with Gasteiger partial charge in [0.2, 0.25) is 0 Å². The van der Waals surface area contributed by atoms with Crippen molar-refractivity contribution >= 4 is 17.7 Å². The predicted octanol–water partition coefficient (Wildman–Crippen LogP) is 4.74. The van der Waals surface area contributed by atoms with Crippen LogP contribution in [0.25, 0.3) is 0 Å². The van der Waals surface area contributed by atoms with E-state index in [-0.39, 0.29) is 5.78 Å². The zero-order valence-corrected chi connectivity index (χ0v) is 14.3. The fourth-order valence-electron chi connectivity index (χ4n) is 2.01. The quantitative estimate of drug-likeness (QED) is 0.388. The molecule has 0 aliphatic carbocycles. The summed E-state index contributed by atoms with van der Waals surface area (Å²) in [6.07, 6.45) is 2.71. The van der Waals surface area contributed by atoms with Crippen molar-refractivity contribution in [2.45, 2.75) is 31.1 Å². The number of ketones is 1. The molecular weight excluding hydrogens is 306 g/mol. The third-order valence-electron chi connectivity index (χ3n) is 3.33. The number of unbranched alkanes of at least 4 members (excludes halogenated alkanes) is 1. The summed E-state index contributed by atoms with van der Waals surface area (Å²) < 4.78 is 8.86. The maximum absolute atomic E-state index is 12.0. The molecule has 2 rings (SSSR count). The Hall–Kier alpha value is -1.78. The maximum Gasteiger partial charge on any atom is 0.164 e. The molecule has 0 bridgehead atoms. The summed E-state index contributed by atoms with van der Waals surface area (Å²) in [5.41, 5.74) is 0.771. The lowest BCUT2D eigenvalue weighted by atomic mass is 10.1. The topological polar surface area (TPSA) is 38.3 Å². The second-order valence-electron chi connectivity index (χ2n) is 5.21. The van der Waals surface area contributed by atoms with E-state index >= 15 is 0 Å². The van der Waals surface area contributed by atoms with Gasteiger partial charge in [0.15, 0.2) is 5.78 Å². The molecule has 3 nitrogen and oxygen atoms in total. The molecule has 0 aliphatic heterocycles. The fraction of sp³-hybridized carbons (Fsp3) is 0.316. The molecule has 1 N–H and O–H groups in total. The summed E-state index contributed by atoms with van der Waals surface area (Å²) in [5, 5.41) is 0. The molecule has 2 aromatic rings. The summed E-state index contributed by atoms with van der Waals surface area (Å²) in [6, 6.07) is 17.4. The second kappa shape index (κ2) is 10.1. The van der Waals surface area contributed by atoms with Gasteiger partial charge in [0.25, 0.3) is 0 Å². The van der Waals surface area contributed by atoms with E-state index in [2.05, 4.69) is 11.6 Å². The van der Waals surface area contributed by atoms with Crippen molar-refractivity contribution in [3.63, 3.8) is 0 Å². The predicted molar refractivity (Wildman–Crippen MR) is 96.1 cm³/mol. The Morgan fingerprint density at radius 3 is 2.52 bits per heavy atom. The van der Waals surface area contributed by atoms with Gasteiger partial charge in [-0.15, -0.1) is 0 Å². The molecule has 0 atom stereocenters. The Morgan fingerprint density at radius 1 is 1.09 bits per heavy atom. The van der Waals surface area contributed by atoms with Crippen LogP contribution in [-0.2, 0) is 0 Å². The van der Waals surface area contributed by atoms with E-state index in [4.69, 9.17) is 4.74 Å². The average Bonchev–Trinajstić information content (AvgIpc) is 2.61. The number of carbonyl (C=O) groups is 1. The van der Waals surface area contributed by atoms with Crippen molar-refractivity contribution in [2.24, 2.45) is 0 Å². The van der Waals surface area contributed by atoms with E-state index in [9.17, 15) is 4.79 Å². The molecule has 0 saturated carbocycles. The number of ether oxygens (including phenoxy) is 1. The standard InChI is InChI=1S/C19H23NO2S/c1-2-3-15-22-17-9-11-18(12-10-17)23-20-14-13-19(21)16-7-5-4-6-8-16/h4-12,20H,2-3,13-15H2,1H3. The molecule has 0 aliphatic rings. The van der Waals surface area contributed by atoms with E-state index in [0.717, 1.165) is 35.7 Å². The zero-order valence-electron chi connectivity index (χ0n) is 13.5. The van der Waals surface area contributed by atoms with Crippen LogP contribution < -0.4 is 9.46 Å². The molecule has 0 unspecified atom stereocenters. The van der Waals surface area contributed by atoms with Gasteiger partial charge in [-0.3, -0.25) is 9.52 Å². The number of hydrogen-bond acceptors (Lipinski definition) is 4. The number of Topliss-reactive ketones (excluding diaryl/α,β-unsaturated/α-hetero) is 1. The highest BCUT2D eigenvalue weighted by Gasteiger charge is 2.04. The summed E-state index contributed by atoms with van der Waals surface area (Å²) in [4.78, 5) is 13.1. The molecule has 0 radical (unpaired) electrons. The van der Waals surface area contributed by atoms with E-state index in [1.165, 1.54) is 11.9 Å². The molecule has 23 heavy (non-hydrogen) atoms. The molecule has 0 amide bonds. The Balaban J connectivity index is 1.67. The van der Waals surface area contributed by atoms with Crippen molar-refractivity contribution in [3.05, 3.63) is 60.2 Å². The Kier molecular flexibility index (Phi) is 7.70. The van der Waals surface area contributed by atoms with Gasteiger partial charge in [-0.1, -0.05) is 43.7 Å². The first kappa shape index (κ1) is 17.6.